The number of nitrogens with zero attached hydrogens (tertiary/aromatic N) is 2. The molecule has 2 aromatic carbocycles. The normalized spacial score (nSPS) is 12.2. The standard InChI is InChI=1S/C26H31FN2/c1-2-3-6-11-21-19-28-26(29-20-21)18-24(27)16-17-25(22-12-7-4-8-13-22)23-14-9-5-10-15-23/h4-5,7-10,12-15,19-20,24-25H,2-3,6,11,16-18H2,1H3. The molecule has 0 aliphatic rings. The average molecular weight is 391 g/mol. The highest BCUT2D eigenvalue weighted by Gasteiger charge is 2.17. The van der Waals surface area contributed by atoms with Gasteiger partial charge in [-0.15, -0.1) is 0 Å². The van der Waals surface area contributed by atoms with Gasteiger partial charge >= 0.3 is 0 Å². The van der Waals surface area contributed by atoms with Gasteiger partial charge in [-0.3, -0.25) is 0 Å². The largest absolute Gasteiger partial charge is 0.247 e. The van der Waals surface area contributed by atoms with Crippen molar-refractivity contribution >= 4 is 0 Å². The minimum Gasteiger partial charge on any atom is -0.247 e. The Kier molecular flexibility index (Phi) is 8.36. The number of hydrogen-bond acceptors (Lipinski definition) is 2. The van der Waals surface area contributed by atoms with Gasteiger partial charge in [0.1, 0.15) is 12.0 Å². The Morgan fingerprint density at radius 2 is 1.38 bits per heavy atom. The smallest absolute Gasteiger partial charge is 0.131 e. The van der Waals surface area contributed by atoms with Crippen LogP contribution in [0.3, 0.4) is 0 Å². The van der Waals surface area contributed by atoms with Crippen LogP contribution in [0.2, 0.25) is 0 Å². The number of aromatic nitrogens is 2. The van der Waals surface area contributed by atoms with Gasteiger partial charge in [0.15, 0.2) is 0 Å². The molecule has 152 valence electrons. The topological polar surface area (TPSA) is 25.8 Å². The Labute approximate surface area is 174 Å². The van der Waals surface area contributed by atoms with E-state index in [1.54, 1.807) is 0 Å². The molecular formula is C26H31FN2. The summed E-state index contributed by atoms with van der Waals surface area (Å²) in [4.78, 5) is 8.78. The van der Waals surface area contributed by atoms with Gasteiger partial charge in [0, 0.05) is 24.7 Å². The third-order valence-electron chi connectivity index (χ3n) is 5.40. The monoisotopic (exact) mass is 390 g/mol. The van der Waals surface area contributed by atoms with Crippen LogP contribution in [-0.2, 0) is 12.8 Å². The lowest BCUT2D eigenvalue weighted by Gasteiger charge is -2.19. The van der Waals surface area contributed by atoms with Gasteiger partial charge in [-0.05, 0) is 42.4 Å². The van der Waals surface area contributed by atoms with E-state index in [1.165, 1.54) is 24.0 Å². The summed E-state index contributed by atoms with van der Waals surface area (Å²) in [5, 5.41) is 0. The molecule has 0 fully saturated rings. The van der Waals surface area contributed by atoms with Gasteiger partial charge in [-0.1, -0.05) is 80.4 Å². The lowest BCUT2D eigenvalue weighted by Crippen LogP contribution is -2.11. The van der Waals surface area contributed by atoms with Crippen LogP contribution in [0.25, 0.3) is 0 Å². The van der Waals surface area contributed by atoms with E-state index in [1.807, 2.05) is 48.8 Å². The third-order valence-corrected chi connectivity index (χ3v) is 5.40. The summed E-state index contributed by atoms with van der Waals surface area (Å²) >= 11 is 0. The van der Waals surface area contributed by atoms with Crippen molar-refractivity contribution in [2.75, 3.05) is 0 Å². The molecule has 0 N–H and O–H groups in total. The van der Waals surface area contributed by atoms with Crippen LogP contribution >= 0.6 is 0 Å². The van der Waals surface area contributed by atoms with Gasteiger partial charge in [0.2, 0.25) is 0 Å². The van der Waals surface area contributed by atoms with E-state index < -0.39 is 6.17 Å². The molecule has 3 rings (SSSR count). The van der Waals surface area contributed by atoms with Crippen molar-refractivity contribution in [3.8, 4) is 0 Å². The summed E-state index contributed by atoms with van der Waals surface area (Å²) in [6.07, 6.45) is 8.92. The number of unbranched alkanes of at least 4 members (excludes halogenated alkanes) is 2. The number of benzene rings is 2. The Morgan fingerprint density at radius 3 is 1.93 bits per heavy atom. The highest BCUT2D eigenvalue weighted by molar-refractivity contribution is 5.32. The predicted molar refractivity (Wildman–Crippen MR) is 118 cm³/mol. The number of rotatable bonds is 11. The molecule has 0 aliphatic carbocycles. The molecule has 1 unspecified atom stereocenters. The Balaban J connectivity index is 1.57. The first-order chi connectivity index (χ1) is 14.3. The van der Waals surface area contributed by atoms with E-state index in [4.69, 9.17) is 0 Å². The molecule has 0 saturated heterocycles. The molecule has 1 atom stereocenters. The Bertz CT molecular complexity index is 779. The summed E-state index contributed by atoms with van der Waals surface area (Å²) in [6.45, 7) is 2.20. The van der Waals surface area contributed by atoms with Crippen molar-refractivity contribution in [1.29, 1.82) is 0 Å². The first-order valence-electron chi connectivity index (χ1n) is 10.8. The van der Waals surface area contributed by atoms with Crippen LogP contribution in [-0.4, -0.2) is 16.1 Å². The van der Waals surface area contributed by atoms with E-state index in [9.17, 15) is 4.39 Å². The molecule has 3 aromatic rings. The molecule has 0 bridgehead atoms. The van der Waals surface area contributed by atoms with Gasteiger partial charge in [-0.2, -0.15) is 0 Å². The zero-order valence-electron chi connectivity index (χ0n) is 17.3. The Morgan fingerprint density at radius 1 is 0.793 bits per heavy atom. The van der Waals surface area contributed by atoms with E-state index in [0.717, 1.165) is 24.8 Å². The second-order valence-electron chi connectivity index (χ2n) is 7.72. The molecule has 0 amide bonds. The zero-order valence-corrected chi connectivity index (χ0v) is 17.3. The van der Waals surface area contributed by atoms with Crippen LogP contribution in [0.5, 0.6) is 0 Å². The Hall–Kier alpha value is -2.55. The molecule has 0 aliphatic heterocycles. The molecule has 0 radical (unpaired) electrons. The van der Waals surface area contributed by atoms with Gasteiger partial charge in [-0.25, -0.2) is 14.4 Å². The molecule has 1 aromatic heterocycles. The maximum absolute atomic E-state index is 14.7. The minimum atomic E-state index is -0.934. The maximum Gasteiger partial charge on any atom is 0.131 e. The van der Waals surface area contributed by atoms with Crippen molar-refractivity contribution in [3.05, 3.63) is 95.6 Å². The number of aryl methyl sites for hydroxylation is 1. The van der Waals surface area contributed by atoms with Gasteiger partial charge in [0.25, 0.3) is 0 Å². The van der Waals surface area contributed by atoms with E-state index in [2.05, 4.69) is 41.2 Å². The van der Waals surface area contributed by atoms with Crippen molar-refractivity contribution in [2.45, 2.75) is 64.0 Å². The van der Waals surface area contributed by atoms with Crippen molar-refractivity contribution in [2.24, 2.45) is 0 Å². The molecule has 0 spiro atoms. The fraction of sp³-hybridized carbons (Fsp3) is 0.385. The molecule has 0 saturated carbocycles. The molecule has 29 heavy (non-hydrogen) atoms. The fourth-order valence-electron chi connectivity index (χ4n) is 3.74. The highest BCUT2D eigenvalue weighted by Crippen LogP contribution is 2.30. The van der Waals surface area contributed by atoms with E-state index in [0.29, 0.717) is 12.2 Å². The zero-order chi connectivity index (χ0) is 20.3. The van der Waals surface area contributed by atoms with Gasteiger partial charge in [0.05, 0.1) is 0 Å². The molecule has 2 nitrogen and oxygen atoms in total. The average Bonchev–Trinajstić information content (AvgIpc) is 2.77. The van der Waals surface area contributed by atoms with Crippen LogP contribution < -0.4 is 0 Å². The van der Waals surface area contributed by atoms with E-state index in [-0.39, 0.29) is 12.3 Å². The second-order valence-corrected chi connectivity index (χ2v) is 7.72. The highest BCUT2D eigenvalue weighted by atomic mass is 19.1. The first-order valence-corrected chi connectivity index (χ1v) is 10.8. The summed E-state index contributed by atoms with van der Waals surface area (Å²) < 4.78 is 14.7. The lowest BCUT2D eigenvalue weighted by atomic mass is 9.86. The lowest BCUT2D eigenvalue weighted by molar-refractivity contribution is 0.298. The first kappa shape index (κ1) is 21.2. The SMILES string of the molecule is CCCCCc1cnc(CC(F)CCC(c2ccccc2)c2ccccc2)nc1. The van der Waals surface area contributed by atoms with Crippen LogP contribution in [0.15, 0.2) is 73.1 Å². The van der Waals surface area contributed by atoms with Crippen LogP contribution in [0.4, 0.5) is 4.39 Å². The minimum absolute atomic E-state index is 0.206. The summed E-state index contributed by atoms with van der Waals surface area (Å²) in [6, 6.07) is 20.8. The summed E-state index contributed by atoms with van der Waals surface area (Å²) in [5.74, 6) is 0.810. The predicted octanol–water partition coefficient (Wildman–Crippen LogP) is 6.70. The van der Waals surface area contributed by atoms with Crippen molar-refractivity contribution in [3.63, 3.8) is 0 Å². The fourth-order valence-corrected chi connectivity index (χ4v) is 3.74. The summed E-state index contributed by atoms with van der Waals surface area (Å²) in [5.41, 5.74) is 3.61. The molecule has 3 heteroatoms. The van der Waals surface area contributed by atoms with E-state index >= 15 is 0 Å². The van der Waals surface area contributed by atoms with Crippen molar-refractivity contribution < 1.29 is 4.39 Å². The van der Waals surface area contributed by atoms with Gasteiger partial charge < -0.3 is 0 Å². The number of alkyl halides is 1. The second kappa shape index (κ2) is 11.5. The molecular weight excluding hydrogens is 359 g/mol. The molecule has 1 heterocycles. The maximum atomic E-state index is 14.7. The van der Waals surface area contributed by atoms with Crippen LogP contribution in [0.1, 0.15) is 67.5 Å². The quantitative estimate of drug-likeness (QED) is 0.340. The third kappa shape index (κ3) is 6.77. The van der Waals surface area contributed by atoms with Crippen LogP contribution in [0, 0.1) is 0 Å². The number of hydrogen-bond donors (Lipinski definition) is 0. The number of halogens is 1. The summed E-state index contributed by atoms with van der Waals surface area (Å²) in [7, 11) is 0. The van der Waals surface area contributed by atoms with Crippen molar-refractivity contribution in [1.82, 2.24) is 9.97 Å².